The van der Waals surface area contributed by atoms with Crippen LogP contribution >= 0.6 is 0 Å². The summed E-state index contributed by atoms with van der Waals surface area (Å²) in [6, 6.07) is 10.2. The van der Waals surface area contributed by atoms with Crippen molar-refractivity contribution < 1.29 is 9.53 Å². The predicted octanol–water partition coefficient (Wildman–Crippen LogP) is 3.87. The van der Waals surface area contributed by atoms with Gasteiger partial charge in [0.25, 0.3) is 5.88 Å². The number of hydrogen-bond donors (Lipinski definition) is 1. The van der Waals surface area contributed by atoms with Gasteiger partial charge in [0.05, 0.1) is 11.9 Å². The molecule has 0 saturated heterocycles. The smallest absolute Gasteiger partial charge is 0.263 e. The summed E-state index contributed by atoms with van der Waals surface area (Å²) in [5.74, 6) is 1.52. The molecule has 0 amide bonds. The third kappa shape index (κ3) is 3.79. The van der Waals surface area contributed by atoms with Crippen LogP contribution in [0.15, 0.2) is 36.5 Å². The molecule has 5 rings (SSSR count). The number of carbonyl (C=O) groups excluding carboxylic acids is 1. The Labute approximate surface area is 182 Å². The van der Waals surface area contributed by atoms with Crippen molar-refractivity contribution in [1.29, 1.82) is 0 Å². The first-order valence-corrected chi connectivity index (χ1v) is 10.7. The molecule has 1 aliphatic carbocycles. The molecule has 2 aliphatic rings. The topological polar surface area (TPSA) is 81.3 Å². The Kier molecular flexibility index (Phi) is 4.94. The average Bonchev–Trinajstić information content (AvgIpc) is 2.74. The SMILES string of the molecule is Cc1cc(-c2cnc(N)c(Oc3cccc4c3CCC(=O)C4)n2)cc2c1CCN(C)C2. The van der Waals surface area contributed by atoms with Gasteiger partial charge in [-0.05, 0) is 72.8 Å². The molecule has 3 aromatic rings. The highest BCUT2D eigenvalue weighted by molar-refractivity contribution is 5.83. The van der Waals surface area contributed by atoms with Crippen molar-refractivity contribution in [2.75, 3.05) is 19.3 Å². The molecule has 6 heteroatoms. The van der Waals surface area contributed by atoms with E-state index in [0.717, 1.165) is 41.9 Å². The Balaban J connectivity index is 1.50. The number of likely N-dealkylation sites (N-methyl/N-ethyl adjacent to an activating group) is 1. The summed E-state index contributed by atoms with van der Waals surface area (Å²) in [6.07, 6.45) is 4.44. The molecule has 0 atom stereocenters. The van der Waals surface area contributed by atoms with E-state index in [0.29, 0.717) is 30.9 Å². The molecular weight excluding hydrogens is 388 g/mol. The number of ketones is 1. The van der Waals surface area contributed by atoms with Gasteiger partial charge in [-0.2, -0.15) is 0 Å². The zero-order valence-corrected chi connectivity index (χ0v) is 17.9. The van der Waals surface area contributed by atoms with Gasteiger partial charge in [-0.25, -0.2) is 9.97 Å². The van der Waals surface area contributed by atoms with Gasteiger partial charge in [-0.1, -0.05) is 12.1 Å². The predicted molar refractivity (Wildman–Crippen MR) is 120 cm³/mol. The number of hydrogen-bond acceptors (Lipinski definition) is 6. The van der Waals surface area contributed by atoms with Crippen molar-refractivity contribution in [3.63, 3.8) is 0 Å². The van der Waals surface area contributed by atoms with E-state index in [9.17, 15) is 4.79 Å². The van der Waals surface area contributed by atoms with Crippen LogP contribution in [0, 0.1) is 6.92 Å². The summed E-state index contributed by atoms with van der Waals surface area (Å²) < 4.78 is 6.15. The molecule has 1 aromatic heterocycles. The maximum Gasteiger partial charge on any atom is 0.263 e. The van der Waals surface area contributed by atoms with E-state index in [1.165, 1.54) is 16.7 Å². The Hall–Kier alpha value is -3.25. The molecule has 31 heavy (non-hydrogen) atoms. The molecule has 0 fully saturated rings. The van der Waals surface area contributed by atoms with Crippen LogP contribution < -0.4 is 10.5 Å². The van der Waals surface area contributed by atoms with Crippen LogP contribution in [0.2, 0.25) is 0 Å². The van der Waals surface area contributed by atoms with Crippen molar-refractivity contribution in [3.05, 3.63) is 64.3 Å². The number of aryl methyl sites for hydroxylation is 1. The molecule has 0 bridgehead atoms. The normalized spacial score (nSPS) is 16.0. The molecule has 1 aliphatic heterocycles. The van der Waals surface area contributed by atoms with Crippen LogP contribution in [0.1, 0.15) is 34.2 Å². The minimum Gasteiger partial charge on any atom is -0.436 e. The highest BCUT2D eigenvalue weighted by Crippen LogP contribution is 2.34. The zero-order chi connectivity index (χ0) is 21.5. The minimum atomic E-state index is 0.252. The number of nitrogens with zero attached hydrogens (tertiary/aromatic N) is 3. The molecule has 2 heterocycles. The number of ether oxygens (including phenoxy) is 1. The number of nitrogen functional groups attached to an aromatic ring is 1. The number of nitrogens with two attached hydrogens (primary N) is 1. The first-order chi connectivity index (χ1) is 15.0. The van der Waals surface area contributed by atoms with Crippen LogP contribution in [0.5, 0.6) is 11.6 Å². The van der Waals surface area contributed by atoms with Gasteiger partial charge < -0.3 is 15.4 Å². The molecule has 2 aromatic carbocycles. The summed E-state index contributed by atoms with van der Waals surface area (Å²) in [6.45, 7) is 4.18. The summed E-state index contributed by atoms with van der Waals surface area (Å²) in [5, 5.41) is 0. The number of Topliss-reactive ketones (excluding diaryl/α,β-unsaturated/α-hetero) is 1. The zero-order valence-electron chi connectivity index (χ0n) is 17.9. The van der Waals surface area contributed by atoms with Crippen LogP contribution in [-0.4, -0.2) is 34.2 Å². The van der Waals surface area contributed by atoms with Crippen molar-refractivity contribution in [2.24, 2.45) is 0 Å². The summed E-state index contributed by atoms with van der Waals surface area (Å²) in [4.78, 5) is 23.2. The average molecular weight is 415 g/mol. The van der Waals surface area contributed by atoms with Crippen LogP contribution in [0.25, 0.3) is 11.3 Å². The van der Waals surface area contributed by atoms with E-state index >= 15 is 0 Å². The van der Waals surface area contributed by atoms with E-state index in [4.69, 9.17) is 15.5 Å². The lowest BCUT2D eigenvalue weighted by molar-refractivity contribution is -0.118. The third-order valence-electron chi connectivity index (χ3n) is 6.29. The first kappa shape index (κ1) is 19.7. The van der Waals surface area contributed by atoms with Gasteiger partial charge in [0.15, 0.2) is 5.82 Å². The summed E-state index contributed by atoms with van der Waals surface area (Å²) in [5.41, 5.74) is 14.0. The minimum absolute atomic E-state index is 0.252. The standard InChI is InChI=1S/C25H26N4O2/c1-15-10-17(11-18-14-29(2)9-8-20(15)18)22-13-27-24(26)25(28-22)31-23-5-3-4-16-12-19(30)6-7-21(16)23/h3-5,10-11,13H,6-9,12,14H2,1-2H3,(H2,26,27). The fraction of sp³-hybridized carbons (Fsp3) is 0.320. The molecule has 0 unspecified atom stereocenters. The van der Waals surface area contributed by atoms with Gasteiger partial charge >= 0.3 is 0 Å². The monoisotopic (exact) mass is 414 g/mol. The Morgan fingerprint density at radius 1 is 1.10 bits per heavy atom. The number of aromatic nitrogens is 2. The lowest BCUT2D eigenvalue weighted by atomic mass is 9.90. The van der Waals surface area contributed by atoms with Gasteiger partial charge in [0, 0.05) is 31.5 Å². The second kappa shape index (κ2) is 7.78. The number of benzene rings is 2. The van der Waals surface area contributed by atoms with E-state index in [2.05, 4.69) is 36.0 Å². The van der Waals surface area contributed by atoms with Gasteiger partial charge in [0.2, 0.25) is 0 Å². The third-order valence-corrected chi connectivity index (χ3v) is 6.29. The van der Waals surface area contributed by atoms with Crippen molar-refractivity contribution >= 4 is 11.6 Å². The van der Waals surface area contributed by atoms with Gasteiger partial charge in [-0.15, -0.1) is 0 Å². The Morgan fingerprint density at radius 3 is 2.84 bits per heavy atom. The van der Waals surface area contributed by atoms with E-state index < -0.39 is 0 Å². The van der Waals surface area contributed by atoms with Gasteiger partial charge in [-0.3, -0.25) is 4.79 Å². The largest absolute Gasteiger partial charge is 0.436 e. The lowest BCUT2D eigenvalue weighted by Crippen LogP contribution is -2.27. The van der Waals surface area contributed by atoms with Crippen molar-refractivity contribution in [1.82, 2.24) is 14.9 Å². The Bertz CT molecular complexity index is 1190. The number of anilines is 1. The fourth-order valence-corrected chi connectivity index (χ4v) is 4.63. The van der Waals surface area contributed by atoms with E-state index in [-0.39, 0.29) is 11.6 Å². The molecule has 0 radical (unpaired) electrons. The lowest BCUT2D eigenvalue weighted by Gasteiger charge is -2.27. The molecule has 0 saturated carbocycles. The Morgan fingerprint density at radius 2 is 1.97 bits per heavy atom. The highest BCUT2D eigenvalue weighted by atomic mass is 16.5. The van der Waals surface area contributed by atoms with Crippen LogP contribution in [0.3, 0.4) is 0 Å². The van der Waals surface area contributed by atoms with E-state index in [1.54, 1.807) is 6.20 Å². The van der Waals surface area contributed by atoms with Crippen LogP contribution in [0.4, 0.5) is 5.82 Å². The maximum atomic E-state index is 11.8. The second-order valence-electron chi connectivity index (χ2n) is 8.58. The molecule has 0 spiro atoms. The first-order valence-electron chi connectivity index (χ1n) is 10.7. The number of carbonyl (C=O) groups is 1. The summed E-state index contributed by atoms with van der Waals surface area (Å²) >= 11 is 0. The molecule has 2 N–H and O–H groups in total. The van der Waals surface area contributed by atoms with Gasteiger partial charge in [0.1, 0.15) is 11.5 Å². The highest BCUT2D eigenvalue weighted by Gasteiger charge is 2.21. The molecule has 158 valence electrons. The maximum absolute atomic E-state index is 11.8. The van der Waals surface area contributed by atoms with Crippen molar-refractivity contribution in [3.8, 4) is 22.9 Å². The number of fused-ring (bicyclic) bond motifs is 2. The second-order valence-corrected chi connectivity index (χ2v) is 8.58. The summed E-state index contributed by atoms with van der Waals surface area (Å²) in [7, 11) is 2.15. The molecule has 6 nitrogen and oxygen atoms in total. The van der Waals surface area contributed by atoms with E-state index in [1.807, 2.05) is 18.2 Å². The fourth-order valence-electron chi connectivity index (χ4n) is 4.63. The van der Waals surface area contributed by atoms with Crippen LogP contribution in [-0.2, 0) is 30.6 Å². The quantitative estimate of drug-likeness (QED) is 0.701. The van der Waals surface area contributed by atoms with Crippen molar-refractivity contribution in [2.45, 2.75) is 39.2 Å². The molecular formula is C25H26N4O2. The number of rotatable bonds is 3.